The molecule has 2 aromatic carbocycles. The van der Waals surface area contributed by atoms with Gasteiger partial charge in [0.25, 0.3) is 5.91 Å². The first-order chi connectivity index (χ1) is 9.10. The van der Waals surface area contributed by atoms with Crippen molar-refractivity contribution in [3.63, 3.8) is 0 Å². The zero-order valence-electron chi connectivity index (χ0n) is 11.0. The van der Waals surface area contributed by atoms with Gasteiger partial charge in [0.1, 0.15) is 0 Å². The van der Waals surface area contributed by atoms with Crippen LogP contribution in [0.15, 0.2) is 42.5 Å². The first-order valence-corrected chi connectivity index (χ1v) is 6.54. The normalized spacial score (nSPS) is 10.3. The fraction of sp³-hybridized carbons (Fsp3) is 0.188. The minimum atomic E-state index is -0.0519. The third-order valence-electron chi connectivity index (χ3n) is 3.04. The minimum absolute atomic E-state index is 0.0519. The van der Waals surface area contributed by atoms with E-state index in [9.17, 15) is 4.79 Å². The van der Waals surface area contributed by atoms with Crippen molar-refractivity contribution in [1.29, 1.82) is 0 Å². The lowest BCUT2D eigenvalue weighted by Gasteiger charge is -2.10. The van der Waals surface area contributed by atoms with E-state index in [1.54, 1.807) is 7.05 Å². The van der Waals surface area contributed by atoms with E-state index in [1.807, 2.05) is 43.3 Å². The molecular weight excluding hydrogens is 258 g/mol. The summed E-state index contributed by atoms with van der Waals surface area (Å²) in [5.41, 5.74) is 4.04. The second kappa shape index (κ2) is 5.89. The largest absolute Gasteiger partial charge is 0.355 e. The molecule has 0 aliphatic carbocycles. The van der Waals surface area contributed by atoms with Gasteiger partial charge >= 0.3 is 0 Å². The standard InChI is InChI=1S/C16H16ClNO/c1-11-3-8-15(16(19)18-2)13(9-11)10-12-4-6-14(17)7-5-12/h3-9H,10H2,1-2H3,(H,18,19). The quantitative estimate of drug-likeness (QED) is 0.910. The van der Waals surface area contributed by atoms with Crippen LogP contribution in [0.1, 0.15) is 27.0 Å². The highest BCUT2D eigenvalue weighted by molar-refractivity contribution is 6.30. The molecule has 98 valence electrons. The van der Waals surface area contributed by atoms with Gasteiger partial charge in [0, 0.05) is 17.6 Å². The van der Waals surface area contributed by atoms with Crippen LogP contribution in [0.4, 0.5) is 0 Å². The maximum atomic E-state index is 11.9. The predicted octanol–water partition coefficient (Wildman–Crippen LogP) is 3.60. The molecule has 0 fully saturated rings. The van der Waals surface area contributed by atoms with Crippen LogP contribution < -0.4 is 5.32 Å². The third kappa shape index (κ3) is 3.36. The number of hydrogen-bond donors (Lipinski definition) is 1. The van der Waals surface area contributed by atoms with Crippen LogP contribution >= 0.6 is 11.6 Å². The molecule has 0 aromatic heterocycles. The zero-order valence-corrected chi connectivity index (χ0v) is 11.8. The lowest BCUT2D eigenvalue weighted by atomic mass is 9.97. The van der Waals surface area contributed by atoms with Gasteiger partial charge in [-0.3, -0.25) is 4.79 Å². The number of hydrogen-bond acceptors (Lipinski definition) is 1. The fourth-order valence-electron chi connectivity index (χ4n) is 2.05. The van der Waals surface area contributed by atoms with E-state index < -0.39 is 0 Å². The minimum Gasteiger partial charge on any atom is -0.355 e. The molecule has 0 saturated heterocycles. The molecule has 2 rings (SSSR count). The average Bonchev–Trinajstić information content (AvgIpc) is 2.41. The van der Waals surface area contributed by atoms with E-state index in [4.69, 9.17) is 11.6 Å². The Hall–Kier alpha value is -1.80. The first-order valence-electron chi connectivity index (χ1n) is 6.16. The molecule has 0 aliphatic rings. The van der Waals surface area contributed by atoms with Crippen LogP contribution in [0.2, 0.25) is 5.02 Å². The second-order valence-electron chi connectivity index (χ2n) is 4.54. The maximum absolute atomic E-state index is 11.9. The van der Waals surface area contributed by atoms with Crippen molar-refractivity contribution in [3.05, 3.63) is 69.7 Å². The second-order valence-corrected chi connectivity index (χ2v) is 4.98. The SMILES string of the molecule is CNC(=O)c1ccc(C)cc1Cc1ccc(Cl)cc1. The summed E-state index contributed by atoms with van der Waals surface area (Å²) < 4.78 is 0. The topological polar surface area (TPSA) is 29.1 Å². The number of carbonyl (C=O) groups excluding carboxylic acids is 1. The highest BCUT2D eigenvalue weighted by Crippen LogP contribution is 2.18. The van der Waals surface area contributed by atoms with Gasteiger partial charge in [0.05, 0.1) is 0 Å². The van der Waals surface area contributed by atoms with Crippen molar-refractivity contribution < 1.29 is 4.79 Å². The number of benzene rings is 2. The van der Waals surface area contributed by atoms with Gasteiger partial charge in [0.15, 0.2) is 0 Å². The monoisotopic (exact) mass is 273 g/mol. The molecule has 2 aromatic rings. The highest BCUT2D eigenvalue weighted by Gasteiger charge is 2.10. The van der Waals surface area contributed by atoms with Gasteiger partial charge in [0.2, 0.25) is 0 Å². The van der Waals surface area contributed by atoms with E-state index in [0.29, 0.717) is 0 Å². The Labute approximate surface area is 118 Å². The molecule has 0 bridgehead atoms. The molecule has 0 atom stereocenters. The zero-order chi connectivity index (χ0) is 13.8. The van der Waals surface area contributed by atoms with Crippen molar-refractivity contribution in [1.82, 2.24) is 5.32 Å². The smallest absolute Gasteiger partial charge is 0.251 e. The summed E-state index contributed by atoms with van der Waals surface area (Å²) in [6.07, 6.45) is 0.724. The molecule has 0 spiro atoms. The van der Waals surface area contributed by atoms with E-state index in [-0.39, 0.29) is 5.91 Å². The number of aryl methyl sites for hydroxylation is 1. The molecule has 19 heavy (non-hydrogen) atoms. The Morgan fingerprint density at radius 1 is 1.16 bits per heavy atom. The highest BCUT2D eigenvalue weighted by atomic mass is 35.5. The molecule has 3 heteroatoms. The lowest BCUT2D eigenvalue weighted by Crippen LogP contribution is -2.19. The Morgan fingerprint density at radius 3 is 2.47 bits per heavy atom. The van der Waals surface area contributed by atoms with E-state index in [0.717, 1.165) is 33.7 Å². The summed E-state index contributed by atoms with van der Waals surface area (Å²) in [7, 11) is 1.65. The van der Waals surface area contributed by atoms with Crippen LogP contribution in [-0.4, -0.2) is 13.0 Å². The molecule has 0 unspecified atom stereocenters. The van der Waals surface area contributed by atoms with Crippen LogP contribution in [-0.2, 0) is 6.42 Å². The summed E-state index contributed by atoms with van der Waals surface area (Å²) in [4.78, 5) is 11.9. The molecule has 0 saturated carbocycles. The van der Waals surface area contributed by atoms with Gasteiger partial charge in [-0.15, -0.1) is 0 Å². The van der Waals surface area contributed by atoms with Gasteiger partial charge in [-0.2, -0.15) is 0 Å². The number of halogens is 1. The number of amides is 1. The number of carbonyl (C=O) groups is 1. The Bertz CT molecular complexity index is 590. The van der Waals surface area contributed by atoms with Gasteiger partial charge in [-0.05, 0) is 42.7 Å². The molecule has 1 amide bonds. The van der Waals surface area contributed by atoms with Gasteiger partial charge < -0.3 is 5.32 Å². The van der Waals surface area contributed by atoms with E-state index >= 15 is 0 Å². The summed E-state index contributed by atoms with van der Waals surface area (Å²) in [5, 5.41) is 3.40. The molecule has 0 aliphatic heterocycles. The van der Waals surface area contributed by atoms with Crippen LogP contribution in [0.25, 0.3) is 0 Å². The van der Waals surface area contributed by atoms with Crippen molar-refractivity contribution in [2.75, 3.05) is 7.05 Å². The molecule has 0 radical (unpaired) electrons. The lowest BCUT2D eigenvalue weighted by molar-refractivity contribution is 0.0962. The van der Waals surface area contributed by atoms with Crippen molar-refractivity contribution in [3.8, 4) is 0 Å². The van der Waals surface area contributed by atoms with E-state index in [2.05, 4.69) is 11.4 Å². The summed E-state index contributed by atoms with van der Waals surface area (Å²) >= 11 is 5.88. The van der Waals surface area contributed by atoms with Gasteiger partial charge in [-0.1, -0.05) is 41.4 Å². The average molecular weight is 274 g/mol. The number of rotatable bonds is 3. The van der Waals surface area contributed by atoms with Crippen molar-refractivity contribution in [2.24, 2.45) is 0 Å². The Kier molecular flexibility index (Phi) is 4.23. The van der Waals surface area contributed by atoms with E-state index in [1.165, 1.54) is 0 Å². The molecular formula is C16H16ClNO. The van der Waals surface area contributed by atoms with Crippen LogP contribution in [0.3, 0.4) is 0 Å². The van der Waals surface area contributed by atoms with Crippen molar-refractivity contribution >= 4 is 17.5 Å². The fourth-order valence-corrected chi connectivity index (χ4v) is 2.17. The summed E-state index contributed by atoms with van der Waals surface area (Å²) in [5.74, 6) is -0.0519. The predicted molar refractivity (Wildman–Crippen MR) is 78.8 cm³/mol. The number of nitrogens with one attached hydrogen (secondary N) is 1. The molecule has 0 heterocycles. The first kappa shape index (κ1) is 13.6. The Morgan fingerprint density at radius 2 is 1.84 bits per heavy atom. The Balaban J connectivity index is 2.35. The molecule has 1 N–H and O–H groups in total. The summed E-state index contributed by atoms with van der Waals surface area (Å²) in [6, 6.07) is 13.6. The van der Waals surface area contributed by atoms with Crippen molar-refractivity contribution in [2.45, 2.75) is 13.3 Å². The van der Waals surface area contributed by atoms with Gasteiger partial charge in [-0.25, -0.2) is 0 Å². The third-order valence-corrected chi connectivity index (χ3v) is 3.29. The molecule has 2 nitrogen and oxygen atoms in total. The van der Waals surface area contributed by atoms with Crippen LogP contribution in [0, 0.1) is 6.92 Å². The van der Waals surface area contributed by atoms with Crippen LogP contribution in [0.5, 0.6) is 0 Å². The summed E-state index contributed by atoms with van der Waals surface area (Å²) in [6.45, 7) is 2.03. The maximum Gasteiger partial charge on any atom is 0.251 e.